The Kier molecular flexibility index (Phi) is 7.43. The molecule has 206 valence electrons. The van der Waals surface area contributed by atoms with Crippen molar-refractivity contribution in [2.45, 2.75) is 24.8 Å². The molecule has 2 N–H and O–H groups in total. The van der Waals surface area contributed by atoms with E-state index in [1.54, 1.807) is 23.1 Å². The summed E-state index contributed by atoms with van der Waals surface area (Å²) in [6, 6.07) is 30.4. The van der Waals surface area contributed by atoms with E-state index in [0.29, 0.717) is 40.2 Å². The van der Waals surface area contributed by atoms with Gasteiger partial charge in [-0.25, -0.2) is 9.69 Å². The van der Waals surface area contributed by atoms with Crippen LogP contribution in [0.2, 0.25) is 10.0 Å². The molecule has 2 aliphatic rings. The van der Waals surface area contributed by atoms with Crippen LogP contribution < -0.4 is 15.5 Å². The number of imide groups is 1. The molecule has 2 saturated heterocycles. The maximum atomic E-state index is 13.8. The number of rotatable bonds is 6. The number of benzene rings is 4. The van der Waals surface area contributed by atoms with Gasteiger partial charge in [-0.15, -0.1) is 0 Å². The molecule has 1 atom stereocenters. The summed E-state index contributed by atoms with van der Waals surface area (Å²) in [4.78, 5) is 30.2. The van der Waals surface area contributed by atoms with E-state index in [1.807, 2.05) is 78.9 Å². The van der Waals surface area contributed by atoms with Crippen molar-refractivity contribution in [3.8, 4) is 11.1 Å². The van der Waals surface area contributed by atoms with Gasteiger partial charge in [0.25, 0.3) is 5.91 Å². The fourth-order valence-corrected chi connectivity index (χ4v) is 6.45. The molecule has 9 heteroatoms. The molecule has 2 fully saturated rings. The first kappa shape index (κ1) is 27.3. The molecular weight excluding hydrogens is 575 g/mol. The number of para-hydroxylation sites is 1. The number of anilines is 3. The van der Waals surface area contributed by atoms with Crippen LogP contribution in [0.3, 0.4) is 0 Å². The minimum Gasteiger partial charge on any atom is -0.332 e. The van der Waals surface area contributed by atoms with E-state index in [0.717, 1.165) is 34.5 Å². The molecular formula is C32H26Cl2N4O2S. The second-order valence-corrected chi connectivity index (χ2v) is 11.5. The highest BCUT2D eigenvalue weighted by Crippen LogP contribution is 2.43. The molecule has 0 aromatic heterocycles. The molecule has 6 nitrogen and oxygen atoms in total. The molecule has 41 heavy (non-hydrogen) atoms. The predicted octanol–water partition coefficient (Wildman–Crippen LogP) is 8.01. The van der Waals surface area contributed by atoms with Crippen molar-refractivity contribution in [3.63, 3.8) is 0 Å². The third-order valence-electron chi connectivity index (χ3n) is 7.55. The van der Waals surface area contributed by atoms with Gasteiger partial charge in [-0.1, -0.05) is 77.8 Å². The van der Waals surface area contributed by atoms with Crippen LogP contribution in [-0.2, 0) is 11.2 Å². The third-order valence-corrected chi connectivity index (χ3v) is 8.19. The Morgan fingerprint density at radius 1 is 0.805 bits per heavy atom. The summed E-state index contributed by atoms with van der Waals surface area (Å²) in [6.07, 6.45) is 1.82. The Bertz CT molecular complexity index is 1630. The maximum absolute atomic E-state index is 13.8. The predicted molar refractivity (Wildman–Crippen MR) is 170 cm³/mol. The SMILES string of the molecule is O=C1N(c2cc(Cl)cc(Cl)c2)C(=O)C2(Cc3ccc(-c4cccc(NC(=S)Nc5ccccc5)c4)cc3)CCCN12. The van der Waals surface area contributed by atoms with E-state index in [-0.39, 0.29) is 11.9 Å². The smallest absolute Gasteiger partial charge is 0.332 e. The van der Waals surface area contributed by atoms with Crippen LogP contribution in [0.5, 0.6) is 0 Å². The maximum Gasteiger partial charge on any atom is 0.332 e. The first-order valence-corrected chi connectivity index (χ1v) is 14.4. The first-order valence-electron chi connectivity index (χ1n) is 13.3. The highest BCUT2D eigenvalue weighted by atomic mass is 35.5. The second kappa shape index (κ2) is 11.2. The zero-order valence-corrected chi connectivity index (χ0v) is 24.3. The summed E-state index contributed by atoms with van der Waals surface area (Å²) >= 11 is 17.8. The van der Waals surface area contributed by atoms with Gasteiger partial charge < -0.3 is 15.5 Å². The van der Waals surface area contributed by atoms with Gasteiger partial charge in [0, 0.05) is 34.4 Å². The fourth-order valence-electron chi connectivity index (χ4n) is 5.70. The van der Waals surface area contributed by atoms with Crippen molar-refractivity contribution in [2.75, 3.05) is 22.1 Å². The number of fused-ring (bicyclic) bond motifs is 1. The number of hydrogen-bond donors (Lipinski definition) is 2. The number of thiocarbonyl (C=S) groups is 1. The molecule has 0 bridgehead atoms. The van der Waals surface area contributed by atoms with Crippen molar-refractivity contribution in [1.82, 2.24) is 4.90 Å². The standard InChI is InChI=1S/C32H26Cl2N4O2S/c33-24-17-25(34)19-28(18-24)38-29(39)32(14-5-15-37(32)31(38)40)20-21-10-12-22(13-11-21)23-6-4-9-27(16-23)36-30(41)35-26-7-2-1-3-8-26/h1-4,6-13,16-19H,5,14-15,20H2,(H2,35,36,41). The lowest BCUT2D eigenvalue weighted by atomic mass is 9.87. The summed E-state index contributed by atoms with van der Waals surface area (Å²) in [5, 5.41) is 7.68. The Morgan fingerprint density at radius 3 is 2.22 bits per heavy atom. The van der Waals surface area contributed by atoms with Crippen molar-refractivity contribution in [1.29, 1.82) is 0 Å². The highest BCUT2D eigenvalue weighted by molar-refractivity contribution is 7.80. The number of carbonyl (C=O) groups is 2. The second-order valence-electron chi connectivity index (χ2n) is 10.2. The Labute approximate surface area is 253 Å². The van der Waals surface area contributed by atoms with Crippen LogP contribution in [0.4, 0.5) is 21.9 Å². The van der Waals surface area contributed by atoms with Gasteiger partial charge in [0.05, 0.1) is 5.69 Å². The summed E-state index contributed by atoms with van der Waals surface area (Å²) in [7, 11) is 0. The Balaban J connectivity index is 1.19. The van der Waals surface area contributed by atoms with E-state index in [4.69, 9.17) is 35.4 Å². The molecule has 0 saturated carbocycles. The van der Waals surface area contributed by atoms with Gasteiger partial charge in [0.15, 0.2) is 5.11 Å². The number of nitrogens with one attached hydrogen (secondary N) is 2. The van der Waals surface area contributed by atoms with Gasteiger partial charge in [-0.3, -0.25) is 4.79 Å². The Morgan fingerprint density at radius 2 is 1.49 bits per heavy atom. The average molecular weight is 602 g/mol. The third kappa shape index (κ3) is 5.40. The Hall–Kier alpha value is -3.91. The number of halogens is 2. The molecule has 1 unspecified atom stereocenters. The zero-order chi connectivity index (χ0) is 28.6. The minimum atomic E-state index is -0.918. The zero-order valence-electron chi connectivity index (χ0n) is 21.9. The van der Waals surface area contributed by atoms with Gasteiger partial charge in [0.1, 0.15) is 5.54 Å². The lowest BCUT2D eigenvalue weighted by molar-refractivity contribution is -0.123. The molecule has 2 heterocycles. The summed E-state index contributed by atoms with van der Waals surface area (Å²) in [5.74, 6) is -0.235. The summed E-state index contributed by atoms with van der Waals surface area (Å²) < 4.78 is 0. The van der Waals surface area contributed by atoms with Crippen molar-refractivity contribution < 1.29 is 9.59 Å². The fraction of sp³-hybridized carbons (Fsp3) is 0.156. The van der Waals surface area contributed by atoms with E-state index in [9.17, 15) is 9.59 Å². The minimum absolute atomic E-state index is 0.235. The van der Waals surface area contributed by atoms with Crippen molar-refractivity contribution in [2.24, 2.45) is 0 Å². The monoisotopic (exact) mass is 600 g/mol. The quantitative estimate of drug-likeness (QED) is 0.173. The van der Waals surface area contributed by atoms with E-state index < -0.39 is 5.54 Å². The summed E-state index contributed by atoms with van der Waals surface area (Å²) in [6.45, 7) is 0.536. The number of amides is 3. The van der Waals surface area contributed by atoms with Crippen LogP contribution in [0, 0.1) is 0 Å². The molecule has 0 radical (unpaired) electrons. The van der Waals surface area contributed by atoms with Crippen LogP contribution >= 0.6 is 35.4 Å². The largest absolute Gasteiger partial charge is 0.332 e. The van der Waals surface area contributed by atoms with Gasteiger partial charge in [0.2, 0.25) is 0 Å². The van der Waals surface area contributed by atoms with Gasteiger partial charge in [-0.05, 0) is 84.2 Å². The summed E-state index contributed by atoms with van der Waals surface area (Å²) in [5.41, 5.74) is 4.31. The van der Waals surface area contributed by atoms with E-state index >= 15 is 0 Å². The molecule has 2 aliphatic heterocycles. The molecule has 6 rings (SSSR count). The number of carbonyl (C=O) groups excluding carboxylic acids is 2. The van der Waals surface area contributed by atoms with Crippen LogP contribution in [0.25, 0.3) is 11.1 Å². The number of hydrogen-bond acceptors (Lipinski definition) is 3. The van der Waals surface area contributed by atoms with Crippen LogP contribution in [0.1, 0.15) is 18.4 Å². The number of nitrogens with zero attached hydrogens (tertiary/aromatic N) is 2. The van der Waals surface area contributed by atoms with Crippen LogP contribution in [0.15, 0.2) is 97.1 Å². The normalized spacial score (nSPS) is 18.0. The van der Waals surface area contributed by atoms with Crippen LogP contribution in [-0.4, -0.2) is 34.0 Å². The van der Waals surface area contributed by atoms with Gasteiger partial charge >= 0.3 is 6.03 Å². The number of urea groups is 1. The van der Waals surface area contributed by atoms with E-state index in [1.165, 1.54) is 4.90 Å². The molecule has 4 aromatic rings. The van der Waals surface area contributed by atoms with Gasteiger partial charge in [-0.2, -0.15) is 0 Å². The molecule has 4 aromatic carbocycles. The molecule has 0 spiro atoms. The lowest BCUT2D eigenvalue weighted by Gasteiger charge is -2.28. The molecule has 3 amide bonds. The van der Waals surface area contributed by atoms with E-state index in [2.05, 4.69) is 10.6 Å². The first-order chi connectivity index (χ1) is 19.8. The van der Waals surface area contributed by atoms with Crippen molar-refractivity contribution >= 4 is 69.5 Å². The lowest BCUT2D eigenvalue weighted by Crippen LogP contribution is -2.47. The highest BCUT2D eigenvalue weighted by Gasteiger charge is 2.59. The average Bonchev–Trinajstić information content (AvgIpc) is 3.46. The molecule has 0 aliphatic carbocycles. The topological polar surface area (TPSA) is 64.7 Å². The van der Waals surface area contributed by atoms with Crippen molar-refractivity contribution in [3.05, 3.63) is 113 Å².